The molecule has 0 saturated carbocycles. The van der Waals surface area contributed by atoms with Gasteiger partial charge in [0.15, 0.2) is 0 Å². The third-order valence-corrected chi connectivity index (χ3v) is 2.68. The molecule has 0 heterocycles. The molecule has 1 aromatic carbocycles. The van der Waals surface area contributed by atoms with Gasteiger partial charge in [-0.2, -0.15) is 0 Å². The van der Waals surface area contributed by atoms with Crippen LogP contribution in [0.15, 0.2) is 12.1 Å². The van der Waals surface area contributed by atoms with Gasteiger partial charge in [0.1, 0.15) is 5.75 Å². The van der Waals surface area contributed by atoms with E-state index in [1.807, 2.05) is 13.1 Å². The monoisotopic (exact) mass is 223 g/mol. The molecule has 2 N–H and O–H groups in total. The number of rotatable bonds is 3. The second-order valence-electron chi connectivity index (χ2n) is 4.87. The van der Waals surface area contributed by atoms with Gasteiger partial charge in [0.2, 0.25) is 0 Å². The SMILES string of the molecule is CNc1cc(C(C)(C)C)cc(CO)c1OC. The lowest BCUT2D eigenvalue weighted by molar-refractivity contribution is 0.273. The molecule has 0 atom stereocenters. The normalized spacial score (nSPS) is 11.4. The third kappa shape index (κ3) is 2.47. The average molecular weight is 223 g/mol. The zero-order chi connectivity index (χ0) is 12.3. The van der Waals surface area contributed by atoms with Crippen molar-refractivity contribution >= 4 is 5.69 Å². The van der Waals surface area contributed by atoms with Gasteiger partial charge in [0, 0.05) is 12.6 Å². The van der Waals surface area contributed by atoms with Crippen LogP contribution in [-0.2, 0) is 12.0 Å². The van der Waals surface area contributed by atoms with Gasteiger partial charge < -0.3 is 15.2 Å². The Hall–Kier alpha value is -1.22. The van der Waals surface area contributed by atoms with Crippen molar-refractivity contribution in [3.05, 3.63) is 23.3 Å². The number of hydrogen-bond acceptors (Lipinski definition) is 3. The van der Waals surface area contributed by atoms with Gasteiger partial charge in [-0.3, -0.25) is 0 Å². The molecule has 0 fully saturated rings. The largest absolute Gasteiger partial charge is 0.494 e. The van der Waals surface area contributed by atoms with E-state index in [1.54, 1.807) is 7.11 Å². The summed E-state index contributed by atoms with van der Waals surface area (Å²) in [7, 11) is 3.47. The Balaban J connectivity index is 3.37. The van der Waals surface area contributed by atoms with Gasteiger partial charge >= 0.3 is 0 Å². The summed E-state index contributed by atoms with van der Waals surface area (Å²) in [4.78, 5) is 0. The van der Waals surface area contributed by atoms with E-state index in [0.717, 1.165) is 17.0 Å². The second kappa shape index (κ2) is 4.74. The molecule has 0 amide bonds. The number of nitrogens with one attached hydrogen (secondary N) is 1. The molecule has 0 aliphatic rings. The predicted molar refractivity (Wildman–Crippen MR) is 67.2 cm³/mol. The molecule has 0 radical (unpaired) electrons. The van der Waals surface area contributed by atoms with Crippen molar-refractivity contribution in [3.63, 3.8) is 0 Å². The van der Waals surface area contributed by atoms with Crippen molar-refractivity contribution in [2.45, 2.75) is 32.8 Å². The molecular weight excluding hydrogens is 202 g/mol. The van der Waals surface area contributed by atoms with Crippen molar-refractivity contribution in [3.8, 4) is 5.75 Å². The minimum Gasteiger partial charge on any atom is -0.494 e. The van der Waals surface area contributed by atoms with E-state index in [1.165, 1.54) is 5.56 Å². The first-order valence-corrected chi connectivity index (χ1v) is 5.44. The Morgan fingerprint density at radius 2 is 1.94 bits per heavy atom. The van der Waals surface area contributed by atoms with Crippen LogP contribution in [0, 0.1) is 0 Å². The maximum absolute atomic E-state index is 9.35. The topological polar surface area (TPSA) is 41.5 Å². The smallest absolute Gasteiger partial charge is 0.147 e. The lowest BCUT2D eigenvalue weighted by Gasteiger charge is -2.23. The fourth-order valence-corrected chi connectivity index (χ4v) is 1.67. The lowest BCUT2D eigenvalue weighted by atomic mass is 9.85. The Labute approximate surface area is 97.4 Å². The first kappa shape index (κ1) is 12.8. The maximum atomic E-state index is 9.35. The Morgan fingerprint density at radius 3 is 2.31 bits per heavy atom. The first-order valence-electron chi connectivity index (χ1n) is 5.44. The van der Waals surface area contributed by atoms with E-state index in [4.69, 9.17) is 4.74 Å². The van der Waals surface area contributed by atoms with Crippen LogP contribution in [0.5, 0.6) is 5.75 Å². The van der Waals surface area contributed by atoms with Crippen molar-refractivity contribution < 1.29 is 9.84 Å². The van der Waals surface area contributed by atoms with Crippen LogP contribution in [0.25, 0.3) is 0 Å². The minimum atomic E-state index is -0.0121. The van der Waals surface area contributed by atoms with Gasteiger partial charge in [0.25, 0.3) is 0 Å². The van der Waals surface area contributed by atoms with Crippen molar-refractivity contribution in [1.29, 1.82) is 0 Å². The van der Waals surface area contributed by atoms with E-state index in [2.05, 4.69) is 32.2 Å². The van der Waals surface area contributed by atoms with E-state index in [0.29, 0.717) is 0 Å². The summed E-state index contributed by atoms with van der Waals surface area (Å²) in [5, 5.41) is 12.4. The highest BCUT2D eigenvalue weighted by Crippen LogP contribution is 2.34. The Bertz CT molecular complexity index is 342. The molecule has 0 saturated heterocycles. The number of aliphatic hydroxyl groups excluding tert-OH is 1. The molecule has 1 aromatic rings. The van der Waals surface area contributed by atoms with Gasteiger partial charge in [0.05, 0.1) is 19.4 Å². The first-order chi connectivity index (χ1) is 7.43. The van der Waals surface area contributed by atoms with E-state index >= 15 is 0 Å². The quantitative estimate of drug-likeness (QED) is 0.827. The molecule has 16 heavy (non-hydrogen) atoms. The highest BCUT2D eigenvalue weighted by molar-refractivity contribution is 5.62. The Morgan fingerprint density at radius 1 is 1.31 bits per heavy atom. The fraction of sp³-hybridized carbons (Fsp3) is 0.538. The third-order valence-electron chi connectivity index (χ3n) is 2.68. The summed E-state index contributed by atoms with van der Waals surface area (Å²) in [6, 6.07) is 4.07. The molecular formula is C13H21NO2. The molecule has 0 aromatic heterocycles. The molecule has 0 aliphatic carbocycles. The van der Waals surface area contributed by atoms with E-state index < -0.39 is 0 Å². The minimum absolute atomic E-state index is 0.0121. The fourth-order valence-electron chi connectivity index (χ4n) is 1.67. The Kier molecular flexibility index (Phi) is 3.81. The maximum Gasteiger partial charge on any atom is 0.147 e. The van der Waals surface area contributed by atoms with Crippen molar-refractivity contribution in [2.24, 2.45) is 0 Å². The molecule has 0 spiro atoms. The summed E-state index contributed by atoms with van der Waals surface area (Å²) in [6.07, 6.45) is 0. The number of anilines is 1. The van der Waals surface area contributed by atoms with Crippen LogP contribution in [0.3, 0.4) is 0 Å². The summed E-state index contributed by atoms with van der Waals surface area (Å²) in [5.41, 5.74) is 2.97. The summed E-state index contributed by atoms with van der Waals surface area (Å²) in [5.74, 6) is 0.720. The molecule has 0 aliphatic heterocycles. The summed E-state index contributed by atoms with van der Waals surface area (Å²) in [6.45, 7) is 6.43. The van der Waals surface area contributed by atoms with Crippen molar-refractivity contribution in [1.82, 2.24) is 0 Å². The number of methoxy groups -OCH3 is 1. The highest BCUT2D eigenvalue weighted by atomic mass is 16.5. The molecule has 3 heteroatoms. The zero-order valence-corrected chi connectivity index (χ0v) is 10.7. The van der Waals surface area contributed by atoms with Crippen molar-refractivity contribution in [2.75, 3.05) is 19.5 Å². The number of benzene rings is 1. The second-order valence-corrected chi connectivity index (χ2v) is 4.87. The zero-order valence-electron chi connectivity index (χ0n) is 10.7. The lowest BCUT2D eigenvalue weighted by Crippen LogP contribution is -2.13. The van der Waals surface area contributed by atoms with Gasteiger partial charge in [-0.05, 0) is 23.1 Å². The van der Waals surface area contributed by atoms with Gasteiger partial charge in [-0.15, -0.1) is 0 Å². The van der Waals surface area contributed by atoms with Crippen LogP contribution < -0.4 is 10.1 Å². The number of aliphatic hydroxyl groups is 1. The summed E-state index contributed by atoms with van der Waals surface area (Å²) >= 11 is 0. The summed E-state index contributed by atoms with van der Waals surface area (Å²) < 4.78 is 5.30. The van der Waals surface area contributed by atoms with Gasteiger partial charge in [-0.1, -0.05) is 20.8 Å². The average Bonchev–Trinajstić information content (AvgIpc) is 2.25. The number of hydrogen-bond donors (Lipinski definition) is 2. The van der Waals surface area contributed by atoms with E-state index in [9.17, 15) is 5.11 Å². The van der Waals surface area contributed by atoms with Crippen LogP contribution in [0.1, 0.15) is 31.9 Å². The molecule has 3 nitrogen and oxygen atoms in total. The van der Waals surface area contributed by atoms with E-state index in [-0.39, 0.29) is 12.0 Å². The highest BCUT2D eigenvalue weighted by Gasteiger charge is 2.18. The molecule has 90 valence electrons. The van der Waals surface area contributed by atoms with Crippen LogP contribution in [-0.4, -0.2) is 19.3 Å². The molecule has 0 bridgehead atoms. The van der Waals surface area contributed by atoms with Crippen LogP contribution in [0.4, 0.5) is 5.69 Å². The van der Waals surface area contributed by atoms with Crippen LogP contribution >= 0.6 is 0 Å². The standard InChI is InChI=1S/C13H21NO2/c1-13(2,3)10-6-9(8-15)12(16-5)11(7-10)14-4/h6-7,14-15H,8H2,1-5H3. The van der Waals surface area contributed by atoms with Gasteiger partial charge in [-0.25, -0.2) is 0 Å². The number of ether oxygens (including phenoxy) is 1. The molecule has 0 unspecified atom stereocenters. The molecule has 1 rings (SSSR count). The van der Waals surface area contributed by atoms with Crippen LogP contribution in [0.2, 0.25) is 0 Å². The predicted octanol–water partition coefficient (Wildman–Crippen LogP) is 2.53.